The van der Waals surface area contributed by atoms with Gasteiger partial charge in [0.1, 0.15) is 5.82 Å². The van der Waals surface area contributed by atoms with Gasteiger partial charge in [-0.05, 0) is 41.4 Å². The van der Waals surface area contributed by atoms with Crippen molar-refractivity contribution < 1.29 is 0 Å². The molecular weight excluding hydrogens is 242 g/mol. The number of likely N-dealkylation sites (N-methyl/N-ethyl adjacent to an activating group) is 1. The first-order valence-corrected chi connectivity index (χ1v) is 5.39. The number of aromatic nitrogens is 1. The Morgan fingerprint density at radius 2 is 2.29 bits per heavy atom. The van der Waals surface area contributed by atoms with Gasteiger partial charge in [-0.25, -0.2) is 4.98 Å². The minimum absolute atomic E-state index is 0.147. The molecule has 0 bridgehead atoms. The maximum atomic E-state index is 5.73. The summed E-state index contributed by atoms with van der Waals surface area (Å²) < 4.78 is 1.04. The van der Waals surface area contributed by atoms with Crippen molar-refractivity contribution in [2.45, 2.75) is 19.9 Å². The third kappa shape index (κ3) is 2.69. The van der Waals surface area contributed by atoms with Crippen LogP contribution in [0.1, 0.15) is 12.5 Å². The Hall–Kier alpha value is -0.610. The zero-order valence-corrected chi connectivity index (χ0v) is 10.4. The van der Waals surface area contributed by atoms with Gasteiger partial charge in [0.2, 0.25) is 0 Å². The van der Waals surface area contributed by atoms with Crippen LogP contribution in [0.4, 0.5) is 5.82 Å². The molecule has 0 saturated carbocycles. The predicted molar refractivity (Wildman–Crippen MR) is 63.6 cm³/mol. The van der Waals surface area contributed by atoms with Crippen molar-refractivity contribution in [1.29, 1.82) is 0 Å². The molecule has 2 N–H and O–H groups in total. The predicted octanol–water partition coefficient (Wildman–Crippen LogP) is 1.94. The van der Waals surface area contributed by atoms with Crippen molar-refractivity contribution in [3.63, 3.8) is 0 Å². The smallest absolute Gasteiger partial charge is 0.142 e. The van der Waals surface area contributed by atoms with Gasteiger partial charge in [0.15, 0.2) is 0 Å². The van der Waals surface area contributed by atoms with Crippen LogP contribution in [0.25, 0.3) is 0 Å². The fourth-order valence-corrected chi connectivity index (χ4v) is 1.85. The highest BCUT2D eigenvalue weighted by Crippen LogP contribution is 2.25. The Morgan fingerprint density at radius 3 is 2.86 bits per heavy atom. The van der Waals surface area contributed by atoms with Gasteiger partial charge in [-0.1, -0.05) is 0 Å². The molecule has 1 rings (SSSR count). The summed E-state index contributed by atoms with van der Waals surface area (Å²) in [7, 11) is 2.00. The lowest BCUT2D eigenvalue weighted by Gasteiger charge is -2.21. The number of rotatable bonds is 3. The molecule has 0 radical (unpaired) electrons. The Morgan fingerprint density at radius 1 is 1.64 bits per heavy atom. The van der Waals surface area contributed by atoms with Crippen LogP contribution in [0.3, 0.4) is 0 Å². The standard InChI is InChI=1S/C10H16BrN3/c1-7-4-5-13-10(9(7)11)14(3)6-8(2)12/h4-5,8H,6,12H2,1-3H3. The van der Waals surface area contributed by atoms with Crippen molar-refractivity contribution in [2.75, 3.05) is 18.5 Å². The van der Waals surface area contributed by atoms with E-state index in [1.54, 1.807) is 0 Å². The van der Waals surface area contributed by atoms with Gasteiger partial charge in [0.05, 0.1) is 4.47 Å². The lowest BCUT2D eigenvalue weighted by Crippen LogP contribution is -2.33. The summed E-state index contributed by atoms with van der Waals surface area (Å²) >= 11 is 3.53. The number of halogens is 1. The SMILES string of the molecule is Cc1ccnc(N(C)CC(C)N)c1Br. The maximum Gasteiger partial charge on any atom is 0.142 e. The van der Waals surface area contributed by atoms with Crippen LogP contribution in [0.15, 0.2) is 16.7 Å². The molecule has 0 aliphatic carbocycles. The zero-order valence-electron chi connectivity index (χ0n) is 8.79. The third-order valence-corrected chi connectivity index (χ3v) is 2.97. The van der Waals surface area contributed by atoms with Crippen LogP contribution in [-0.4, -0.2) is 24.6 Å². The van der Waals surface area contributed by atoms with Crippen LogP contribution < -0.4 is 10.6 Å². The second-order valence-corrected chi connectivity index (χ2v) is 4.42. The molecule has 0 spiro atoms. The molecule has 0 aliphatic rings. The topological polar surface area (TPSA) is 42.2 Å². The lowest BCUT2D eigenvalue weighted by atomic mass is 10.2. The van der Waals surface area contributed by atoms with Gasteiger partial charge >= 0.3 is 0 Å². The summed E-state index contributed by atoms with van der Waals surface area (Å²) in [6.07, 6.45) is 1.81. The highest BCUT2D eigenvalue weighted by molar-refractivity contribution is 9.10. The molecule has 14 heavy (non-hydrogen) atoms. The first kappa shape index (κ1) is 11.5. The third-order valence-electron chi connectivity index (χ3n) is 1.99. The quantitative estimate of drug-likeness (QED) is 0.900. The van der Waals surface area contributed by atoms with Crippen molar-refractivity contribution in [2.24, 2.45) is 5.73 Å². The van der Waals surface area contributed by atoms with Crippen molar-refractivity contribution in [3.8, 4) is 0 Å². The molecule has 0 amide bonds. The Bertz CT molecular complexity index is 312. The fraction of sp³-hybridized carbons (Fsp3) is 0.500. The summed E-state index contributed by atoms with van der Waals surface area (Å²) in [6, 6.07) is 2.13. The summed E-state index contributed by atoms with van der Waals surface area (Å²) in [5, 5.41) is 0. The molecule has 0 aliphatic heterocycles. The van der Waals surface area contributed by atoms with E-state index in [4.69, 9.17) is 5.73 Å². The van der Waals surface area contributed by atoms with E-state index in [1.165, 1.54) is 5.56 Å². The molecule has 0 fully saturated rings. The van der Waals surface area contributed by atoms with Gasteiger partial charge in [-0.3, -0.25) is 0 Å². The molecule has 4 heteroatoms. The van der Waals surface area contributed by atoms with Crippen LogP contribution in [-0.2, 0) is 0 Å². The van der Waals surface area contributed by atoms with Crippen LogP contribution in [0.2, 0.25) is 0 Å². The molecule has 1 unspecified atom stereocenters. The van der Waals surface area contributed by atoms with Crippen LogP contribution in [0, 0.1) is 6.92 Å². The summed E-state index contributed by atoms with van der Waals surface area (Å²) in [5.74, 6) is 0.947. The number of pyridine rings is 1. The molecule has 1 aromatic rings. The average molecular weight is 258 g/mol. The second-order valence-electron chi connectivity index (χ2n) is 3.62. The number of anilines is 1. The monoisotopic (exact) mass is 257 g/mol. The molecule has 1 heterocycles. The molecule has 0 aromatic carbocycles. The van der Waals surface area contributed by atoms with Gasteiger partial charge in [-0.2, -0.15) is 0 Å². The van der Waals surface area contributed by atoms with E-state index in [-0.39, 0.29) is 6.04 Å². The van der Waals surface area contributed by atoms with Gasteiger partial charge in [0.25, 0.3) is 0 Å². The van der Waals surface area contributed by atoms with Gasteiger partial charge < -0.3 is 10.6 Å². The zero-order chi connectivity index (χ0) is 10.7. The van der Waals surface area contributed by atoms with E-state index in [9.17, 15) is 0 Å². The maximum absolute atomic E-state index is 5.73. The molecule has 0 saturated heterocycles. The first-order valence-electron chi connectivity index (χ1n) is 4.60. The molecule has 78 valence electrons. The van der Waals surface area contributed by atoms with Crippen molar-refractivity contribution >= 4 is 21.7 Å². The largest absolute Gasteiger partial charge is 0.357 e. The number of nitrogens with zero attached hydrogens (tertiary/aromatic N) is 2. The Kier molecular flexibility index (Phi) is 3.89. The number of nitrogens with two attached hydrogens (primary N) is 1. The minimum Gasteiger partial charge on any atom is -0.357 e. The van der Waals surface area contributed by atoms with E-state index in [2.05, 4.69) is 32.7 Å². The normalized spacial score (nSPS) is 12.6. The molecule has 1 aromatic heterocycles. The molecular formula is C10H16BrN3. The van der Waals surface area contributed by atoms with E-state index in [1.807, 2.05) is 26.2 Å². The highest BCUT2D eigenvalue weighted by Gasteiger charge is 2.09. The Balaban J connectivity index is 2.89. The van der Waals surface area contributed by atoms with E-state index >= 15 is 0 Å². The van der Waals surface area contributed by atoms with Crippen LogP contribution >= 0.6 is 15.9 Å². The highest BCUT2D eigenvalue weighted by atomic mass is 79.9. The van der Waals surface area contributed by atoms with E-state index in [0.717, 1.165) is 16.8 Å². The molecule has 3 nitrogen and oxygen atoms in total. The van der Waals surface area contributed by atoms with E-state index < -0.39 is 0 Å². The summed E-state index contributed by atoms with van der Waals surface area (Å²) in [4.78, 5) is 6.37. The number of aryl methyl sites for hydroxylation is 1. The van der Waals surface area contributed by atoms with Gasteiger partial charge in [-0.15, -0.1) is 0 Å². The van der Waals surface area contributed by atoms with Crippen molar-refractivity contribution in [1.82, 2.24) is 4.98 Å². The first-order chi connectivity index (χ1) is 6.52. The number of hydrogen-bond donors (Lipinski definition) is 1. The van der Waals surface area contributed by atoms with Gasteiger partial charge in [0, 0.05) is 25.8 Å². The summed E-state index contributed by atoms with van der Waals surface area (Å²) in [6.45, 7) is 4.84. The average Bonchev–Trinajstić information content (AvgIpc) is 2.08. The Labute approximate surface area is 93.4 Å². The fourth-order valence-electron chi connectivity index (χ4n) is 1.31. The van der Waals surface area contributed by atoms with Crippen LogP contribution in [0.5, 0.6) is 0 Å². The molecule has 1 atom stereocenters. The second kappa shape index (κ2) is 4.75. The number of hydrogen-bond acceptors (Lipinski definition) is 3. The van der Waals surface area contributed by atoms with E-state index in [0.29, 0.717) is 0 Å². The minimum atomic E-state index is 0.147. The van der Waals surface area contributed by atoms with Crippen molar-refractivity contribution in [3.05, 3.63) is 22.3 Å². The summed E-state index contributed by atoms with van der Waals surface area (Å²) in [5.41, 5.74) is 6.92. The lowest BCUT2D eigenvalue weighted by molar-refractivity contribution is 0.710.